The first-order valence-corrected chi connectivity index (χ1v) is 9.47. The highest BCUT2D eigenvalue weighted by molar-refractivity contribution is 8.93. The first-order valence-electron chi connectivity index (χ1n) is 8.59. The number of benzene rings is 2. The van der Waals surface area contributed by atoms with Gasteiger partial charge in [0, 0.05) is 10.9 Å². The molecule has 10 heteroatoms. The normalized spacial score (nSPS) is 10.1. The van der Waals surface area contributed by atoms with Crippen molar-refractivity contribution in [1.82, 2.24) is 4.98 Å². The fraction of sp³-hybridized carbons (Fsp3) is 0.200. The lowest BCUT2D eigenvalue weighted by Gasteiger charge is -2.22. The highest BCUT2D eigenvalue weighted by Crippen LogP contribution is 2.36. The number of hydrogen-bond donors (Lipinski definition) is 2. The second-order valence-electron chi connectivity index (χ2n) is 5.97. The van der Waals surface area contributed by atoms with Crippen LogP contribution in [0.4, 0.5) is 9.52 Å². The van der Waals surface area contributed by atoms with Crippen molar-refractivity contribution >= 4 is 39.4 Å². The zero-order chi connectivity index (χ0) is 21.0. The average Bonchev–Trinajstić information content (AvgIpc) is 3.21. The smallest absolute Gasteiger partial charge is 0.195 e. The summed E-state index contributed by atoms with van der Waals surface area (Å²) < 4.78 is 29.9. The second-order valence-corrected chi connectivity index (χ2v) is 6.81. The van der Waals surface area contributed by atoms with Crippen molar-refractivity contribution in [2.45, 2.75) is 6.54 Å². The summed E-state index contributed by atoms with van der Waals surface area (Å²) in [5, 5.41) is 10.3. The van der Waals surface area contributed by atoms with Gasteiger partial charge in [0.15, 0.2) is 11.1 Å². The fourth-order valence-electron chi connectivity index (χ4n) is 2.89. The minimum Gasteiger partial charge on any atom is -0.496 e. The average molecular weight is 497 g/mol. The SMILES string of the molecule is Br.COc1ccc(F)cc1-c1csc(N(Cc2c(OC)cccc2OC)C(=N)N)n1. The van der Waals surface area contributed by atoms with Crippen LogP contribution in [0.2, 0.25) is 0 Å². The Morgan fingerprint density at radius 3 is 2.30 bits per heavy atom. The number of thiazole rings is 1. The van der Waals surface area contributed by atoms with Crippen LogP contribution in [0.25, 0.3) is 11.3 Å². The van der Waals surface area contributed by atoms with Gasteiger partial charge in [0.25, 0.3) is 0 Å². The van der Waals surface area contributed by atoms with Crippen LogP contribution in [-0.4, -0.2) is 32.3 Å². The minimum atomic E-state index is -0.391. The van der Waals surface area contributed by atoms with Gasteiger partial charge in [0.1, 0.15) is 23.1 Å². The van der Waals surface area contributed by atoms with Gasteiger partial charge in [-0.05, 0) is 30.3 Å². The number of guanidine groups is 1. The van der Waals surface area contributed by atoms with E-state index in [2.05, 4.69) is 4.98 Å². The van der Waals surface area contributed by atoms with Crippen LogP contribution >= 0.6 is 28.3 Å². The summed E-state index contributed by atoms with van der Waals surface area (Å²) in [6, 6.07) is 9.66. The van der Waals surface area contributed by atoms with Gasteiger partial charge in [-0.3, -0.25) is 10.3 Å². The molecule has 1 aromatic heterocycles. The van der Waals surface area contributed by atoms with E-state index < -0.39 is 5.82 Å². The summed E-state index contributed by atoms with van der Waals surface area (Å²) in [5.74, 6) is 1.14. The van der Waals surface area contributed by atoms with Gasteiger partial charge < -0.3 is 19.9 Å². The van der Waals surface area contributed by atoms with E-state index in [4.69, 9.17) is 25.4 Å². The number of nitrogens with one attached hydrogen (secondary N) is 1. The van der Waals surface area contributed by atoms with E-state index in [1.165, 1.54) is 35.5 Å². The fourth-order valence-corrected chi connectivity index (χ4v) is 3.73. The van der Waals surface area contributed by atoms with Crippen LogP contribution in [0.15, 0.2) is 41.8 Å². The van der Waals surface area contributed by atoms with Crippen molar-refractivity contribution in [1.29, 1.82) is 5.41 Å². The van der Waals surface area contributed by atoms with Gasteiger partial charge in [-0.2, -0.15) is 0 Å². The monoisotopic (exact) mass is 496 g/mol. The number of anilines is 1. The van der Waals surface area contributed by atoms with Crippen molar-refractivity contribution in [3.8, 4) is 28.5 Å². The maximum atomic E-state index is 13.7. The van der Waals surface area contributed by atoms with E-state index >= 15 is 0 Å². The third-order valence-electron chi connectivity index (χ3n) is 4.30. The molecule has 0 radical (unpaired) electrons. The molecule has 0 unspecified atom stereocenters. The second kappa shape index (κ2) is 10.3. The molecule has 1 heterocycles. The molecule has 0 aliphatic heterocycles. The predicted molar refractivity (Wildman–Crippen MR) is 122 cm³/mol. The maximum absolute atomic E-state index is 13.7. The van der Waals surface area contributed by atoms with E-state index in [-0.39, 0.29) is 29.5 Å². The van der Waals surface area contributed by atoms with Gasteiger partial charge in [0.05, 0.1) is 39.1 Å². The number of rotatable bonds is 7. The highest BCUT2D eigenvalue weighted by Gasteiger charge is 2.21. The first kappa shape index (κ1) is 23.4. The van der Waals surface area contributed by atoms with Crippen molar-refractivity contribution in [3.05, 3.63) is 53.2 Å². The molecule has 0 bridgehead atoms. The number of nitrogens with zero attached hydrogens (tertiary/aromatic N) is 2. The van der Waals surface area contributed by atoms with Crippen LogP contribution in [0.1, 0.15) is 5.56 Å². The lowest BCUT2D eigenvalue weighted by Crippen LogP contribution is -2.36. The molecule has 0 saturated carbocycles. The van der Waals surface area contributed by atoms with Gasteiger partial charge in [-0.1, -0.05) is 6.07 Å². The topological polar surface area (TPSA) is 93.7 Å². The van der Waals surface area contributed by atoms with Crippen LogP contribution in [0.3, 0.4) is 0 Å². The molecule has 0 aliphatic rings. The Morgan fingerprint density at radius 1 is 1.10 bits per heavy atom. The van der Waals surface area contributed by atoms with Crippen molar-refractivity contribution in [2.75, 3.05) is 26.2 Å². The Kier molecular flexibility index (Phi) is 8.01. The van der Waals surface area contributed by atoms with E-state index in [1.54, 1.807) is 37.8 Å². The summed E-state index contributed by atoms with van der Waals surface area (Å²) in [6.45, 7) is 0.218. The first-order chi connectivity index (χ1) is 14.0. The minimum absolute atomic E-state index is 0. The maximum Gasteiger partial charge on any atom is 0.195 e. The van der Waals surface area contributed by atoms with E-state index in [9.17, 15) is 4.39 Å². The van der Waals surface area contributed by atoms with Crippen LogP contribution < -0.4 is 24.8 Å². The predicted octanol–water partition coefficient (Wildman–Crippen LogP) is 4.45. The van der Waals surface area contributed by atoms with Gasteiger partial charge in [-0.25, -0.2) is 9.37 Å². The van der Waals surface area contributed by atoms with Crippen molar-refractivity contribution < 1.29 is 18.6 Å². The van der Waals surface area contributed by atoms with Crippen LogP contribution in [0.5, 0.6) is 17.2 Å². The molecular formula is C20H22BrFN4O3S. The number of nitrogens with two attached hydrogens (primary N) is 1. The molecule has 7 nitrogen and oxygen atoms in total. The van der Waals surface area contributed by atoms with Gasteiger partial charge in [-0.15, -0.1) is 28.3 Å². The highest BCUT2D eigenvalue weighted by atomic mass is 79.9. The zero-order valence-electron chi connectivity index (χ0n) is 16.6. The number of aromatic nitrogens is 1. The molecule has 30 heavy (non-hydrogen) atoms. The Hall–Kier alpha value is -2.85. The summed E-state index contributed by atoms with van der Waals surface area (Å²) in [5.41, 5.74) is 7.62. The summed E-state index contributed by atoms with van der Waals surface area (Å²) in [4.78, 5) is 6.08. The van der Waals surface area contributed by atoms with E-state index in [1.807, 2.05) is 6.07 Å². The Bertz CT molecular complexity index is 1010. The summed E-state index contributed by atoms with van der Waals surface area (Å²) in [6.07, 6.45) is 0. The van der Waals surface area contributed by atoms with Crippen molar-refractivity contribution in [2.24, 2.45) is 5.73 Å². The molecule has 0 fully saturated rings. The van der Waals surface area contributed by atoms with E-state index in [0.29, 0.717) is 33.6 Å². The molecule has 160 valence electrons. The standard InChI is InChI=1S/C20H21FN4O3S.BrH/c1-26-16-5-4-6-17(27-2)14(16)10-25(19(22)23)20-24-15(11-29-20)13-9-12(21)7-8-18(13)28-3;/h4-9,11H,10H2,1-3H3,(H3,22,23);1H. The molecular weight excluding hydrogens is 475 g/mol. The number of halogens is 2. The third-order valence-corrected chi connectivity index (χ3v) is 5.16. The summed E-state index contributed by atoms with van der Waals surface area (Å²) in [7, 11) is 4.64. The van der Waals surface area contributed by atoms with Gasteiger partial charge in [0.2, 0.25) is 0 Å². The molecule has 0 aliphatic carbocycles. The Labute approximate surface area is 188 Å². The Morgan fingerprint density at radius 2 is 1.73 bits per heavy atom. The lowest BCUT2D eigenvalue weighted by molar-refractivity contribution is 0.385. The number of ether oxygens (including phenoxy) is 3. The Balaban J connectivity index is 0.00000320. The third kappa shape index (κ3) is 4.82. The number of methoxy groups -OCH3 is 3. The molecule has 3 rings (SSSR count). The lowest BCUT2D eigenvalue weighted by atomic mass is 10.1. The van der Waals surface area contributed by atoms with Crippen molar-refractivity contribution in [3.63, 3.8) is 0 Å². The molecule has 3 N–H and O–H groups in total. The molecule has 0 atom stereocenters. The van der Waals surface area contributed by atoms with E-state index in [0.717, 1.165) is 5.56 Å². The molecule has 2 aromatic carbocycles. The molecule has 0 amide bonds. The van der Waals surface area contributed by atoms with Gasteiger partial charge >= 0.3 is 0 Å². The summed E-state index contributed by atoms with van der Waals surface area (Å²) >= 11 is 1.29. The quantitative estimate of drug-likeness (QED) is 0.370. The molecule has 0 saturated heterocycles. The van der Waals surface area contributed by atoms with Crippen LogP contribution in [0, 0.1) is 11.2 Å². The van der Waals surface area contributed by atoms with Crippen LogP contribution in [-0.2, 0) is 6.54 Å². The largest absolute Gasteiger partial charge is 0.496 e. The molecule has 0 spiro atoms. The zero-order valence-corrected chi connectivity index (χ0v) is 19.2. The number of hydrogen-bond acceptors (Lipinski definition) is 6. The molecule has 3 aromatic rings.